The van der Waals surface area contributed by atoms with Crippen LogP contribution in [-0.4, -0.2) is 30.2 Å². The molecule has 2 aromatic carbocycles. The van der Waals surface area contributed by atoms with E-state index in [1.165, 1.54) is 5.56 Å². The molecule has 0 saturated heterocycles. The molecule has 0 aliphatic heterocycles. The van der Waals surface area contributed by atoms with Crippen LogP contribution in [0.15, 0.2) is 85.6 Å². The van der Waals surface area contributed by atoms with Crippen LogP contribution in [0.1, 0.15) is 28.4 Å². The third kappa shape index (κ3) is 4.39. The number of imidazole rings is 1. The second kappa shape index (κ2) is 9.08. The van der Waals surface area contributed by atoms with Crippen molar-refractivity contribution in [2.24, 2.45) is 0 Å². The third-order valence-corrected chi connectivity index (χ3v) is 5.62. The summed E-state index contributed by atoms with van der Waals surface area (Å²) in [5.74, 6) is -0.141. The molecule has 0 bridgehead atoms. The molecule has 0 spiro atoms. The van der Waals surface area contributed by atoms with E-state index >= 15 is 0 Å². The van der Waals surface area contributed by atoms with Crippen molar-refractivity contribution < 1.29 is 4.79 Å². The van der Waals surface area contributed by atoms with Gasteiger partial charge in [0.25, 0.3) is 5.91 Å². The molecule has 5 aromatic rings. The molecular formula is C26H24N6O. The minimum absolute atomic E-state index is 0.141. The Hall–Kier alpha value is -4.26. The molecule has 164 valence electrons. The van der Waals surface area contributed by atoms with Gasteiger partial charge in [-0.2, -0.15) is 5.10 Å². The lowest BCUT2D eigenvalue weighted by Gasteiger charge is -2.10. The summed E-state index contributed by atoms with van der Waals surface area (Å²) in [6, 6.07) is 20.0. The fourth-order valence-corrected chi connectivity index (χ4v) is 3.85. The van der Waals surface area contributed by atoms with E-state index in [1.54, 1.807) is 18.7 Å². The number of carbonyl (C=O) groups is 1. The molecule has 33 heavy (non-hydrogen) atoms. The number of amides is 1. The first-order valence-electron chi connectivity index (χ1n) is 10.9. The maximum Gasteiger partial charge on any atom is 0.252 e. The summed E-state index contributed by atoms with van der Waals surface area (Å²) in [6.07, 6.45) is 7.23. The molecular weight excluding hydrogens is 412 g/mol. The van der Waals surface area contributed by atoms with E-state index in [4.69, 9.17) is 4.98 Å². The van der Waals surface area contributed by atoms with E-state index < -0.39 is 0 Å². The highest BCUT2D eigenvalue weighted by Gasteiger charge is 2.17. The largest absolute Gasteiger partial charge is 0.348 e. The van der Waals surface area contributed by atoms with Gasteiger partial charge in [-0.05, 0) is 24.1 Å². The summed E-state index contributed by atoms with van der Waals surface area (Å²) in [6.45, 7) is 3.91. The quantitative estimate of drug-likeness (QED) is 0.413. The van der Waals surface area contributed by atoms with Crippen LogP contribution in [0.4, 0.5) is 0 Å². The number of nitrogens with one attached hydrogen (secondary N) is 1. The molecule has 7 nitrogen and oxygen atoms in total. The Bertz CT molecular complexity index is 1370. The van der Waals surface area contributed by atoms with E-state index in [1.807, 2.05) is 70.9 Å². The number of rotatable bonds is 7. The van der Waals surface area contributed by atoms with Crippen molar-refractivity contribution in [3.8, 4) is 11.3 Å². The summed E-state index contributed by atoms with van der Waals surface area (Å²) >= 11 is 0. The molecule has 7 heteroatoms. The second-order valence-electron chi connectivity index (χ2n) is 7.85. The fourth-order valence-electron chi connectivity index (χ4n) is 3.85. The highest BCUT2D eigenvalue weighted by molar-refractivity contribution is 6.06. The fraction of sp³-hybridized carbons (Fsp3) is 0.154. The Morgan fingerprint density at radius 3 is 2.55 bits per heavy atom. The molecule has 3 heterocycles. The molecule has 0 saturated carbocycles. The number of nitrogens with zero attached hydrogens (tertiary/aromatic N) is 5. The molecule has 3 aromatic heterocycles. The van der Waals surface area contributed by atoms with E-state index in [0.29, 0.717) is 24.3 Å². The molecule has 0 atom stereocenters. The summed E-state index contributed by atoms with van der Waals surface area (Å²) in [7, 11) is 0. The van der Waals surface area contributed by atoms with Gasteiger partial charge in [-0.1, -0.05) is 54.6 Å². The van der Waals surface area contributed by atoms with Crippen LogP contribution in [-0.2, 0) is 19.6 Å². The molecule has 0 aliphatic carbocycles. The molecule has 5 rings (SSSR count). The van der Waals surface area contributed by atoms with Crippen LogP contribution in [0.25, 0.3) is 22.3 Å². The van der Waals surface area contributed by atoms with Crippen molar-refractivity contribution in [3.63, 3.8) is 0 Å². The van der Waals surface area contributed by atoms with Crippen molar-refractivity contribution >= 4 is 16.9 Å². The van der Waals surface area contributed by atoms with E-state index in [-0.39, 0.29) is 5.91 Å². The van der Waals surface area contributed by atoms with Gasteiger partial charge in [-0.15, -0.1) is 0 Å². The average Bonchev–Trinajstić information content (AvgIpc) is 3.53. The van der Waals surface area contributed by atoms with Crippen molar-refractivity contribution in [3.05, 3.63) is 102 Å². The van der Waals surface area contributed by atoms with Crippen molar-refractivity contribution in [1.82, 2.24) is 29.6 Å². The van der Waals surface area contributed by atoms with Gasteiger partial charge >= 0.3 is 0 Å². The monoisotopic (exact) mass is 436 g/mol. The normalized spacial score (nSPS) is 11.1. The first-order chi connectivity index (χ1) is 16.2. The lowest BCUT2D eigenvalue weighted by molar-refractivity contribution is 0.0952. The van der Waals surface area contributed by atoms with E-state index in [2.05, 4.69) is 27.5 Å². The second-order valence-corrected chi connectivity index (χ2v) is 7.85. The average molecular weight is 437 g/mol. The molecule has 0 aliphatic rings. The summed E-state index contributed by atoms with van der Waals surface area (Å²) in [5, 5.41) is 8.23. The van der Waals surface area contributed by atoms with Crippen molar-refractivity contribution in [2.45, 2.75) is 26.6 Å². The van der Waals surface area contributed by atoms with Crippen LogP contribution >= 0.6 is 0 Å². The summed E-state index contributed by atoms with van der Waals surface area (Å²) in [4.78, 5) is 22.1. The molecule has 0 unspecified atom stereocenters. The number of fused-ring (bicyclic) bond motifs is 1. The maximum atomic E-state index is 13.2. The van der Waals surface area contributed by atoms with Gasteiger partial charge in [0.2, 0.25) is 0 Å². The molecule has 1 amide bonds. The molecule has 1 N–H and O–H groups in total. The van der Waals surface area contributed by atoms with Crippen LogP contribution in [0, 0.1) is 0 Å². The topological polar surface area (TPSA) is 77.6 Å². The van der Waals surface area contributed by atoms with Crippen molar-refractivity contribution in [1.29, 1.82) is 0 Å². The van der Waals surface area contributed by atoms with Gasteiger partial charge in [0.05, 0.1) is 29.2 Å². The van der Waals surface area contributed by atoms with Crippen molar-refractivity contribution in [2.75, 3.05) is 0 Å². The number of aromatic nitrogens is 5. The number of pyridine rings is 1. The Morgan fingerprint density at radius 1 is 1.03 bits per heavy atom. The number of aryl methyl sites for hydroxylation is 1. The first kappa shape index (κ1) is 20.6. The third-order valence-electron chi connectivity index (χ3n) is 5.62. The number of hydrogen-bond donors (Lipinski definition) is 1. The number of carbonyl (C=O) groups excluding carboxylic acids is 1. The van der Waals surface area contributed by atoms with Gasteiger partial charge in [-0.3, -0.25) is 4.79 Å². The van der Waals surface area contributed by atoms with Crippen LogP contribution < -0.4 is 5.32 Å². The van der Waals surface area contributed by atoms with Gasteiger partial charge in [0.15, 0.2) is 5.65 Å². The van der Waals surface area contributed by atoms with Crippen LogP contribution in [0.2, 0.25) is 0 Å². The Balaban J connectivity index is 1.37. The zero-order valence-electron chi connectivity index (χ0n) is 18.3. The van der Waals surface area contributed by atoms with E-state index in [9.17, 15) is 4.79 Å². The van der Waals surface area contributed by atoms with Crippen LogP contribution in [0.3, 0.4) is 0 Å². The van der Waals surface area contributed by atoms with E-state index in [0.717, 1.165) is 28.8 Å². The highest BCUT2D eigenvalue weighted by atomic mass is 16.1. The van der Waals surface area contributed by atoms with Gasteiger partial charge in [0, 0.05) is 37.6 Å². The molecule has 0 radical (unpaired) electrons. The SMILES string of the molecule is CCn1ncc2c(C(=O)NCc3ccc(Cn4ccnc4)cc3)cc(-c3ccccc3)nc21. The highest BCUT2D eigenvalue weighted by Crippen LogP contribution is 2.25. The lowest BCUT2D eigenvalue weighted by atomic mass is 10.1. The minimum atomic E-state index is -0.141. The molecule has 0 fully saturated rings. The predicted molar refractivity (Wildman–Crippen MR) is 128 cm³/mol. The number of hydrogen-bond acceptors (Lipinski definition) is 4. The predicted octanol–water partition coefficient (Wildman–Crippen LogP) is 4.29. The number of benzene rings is 2. The standard InChI is InChI=1S/C26H24N6O/c1-2-32-25-23(16-29-32)22(14-24(30-25)21-6-4-3-5-7-21)26(33)28-15-19-8-10-20(11-9-19)17-31-13-12-27-18-31/h3-14,16,18H,2,15,17H2,1H3,(H,28,33). The minimum Gasteiger partial charge on any atom is -0.348 e. The Morgan fingerprint density at radius 2 is 1.82 bits per heavy atom. The Kier molecular flexibility index (Phi) is 5.68. The first-order valence-corrected chi connectivity index (χ1v) is 10.9. The van der Waals surface area contributed by atoms with Gasteiger partial charge in [0.1, 0.15) is 0 Å². The smallest absolute Gasteiger partial charge is 0.252 e. The Labute approximate surface area is 191 Å². The summed E-state index contributed by atoms with van der Waals surface area (Å²) in [5.41, 5.74) is 5.23. The zero-order valence-corrected chi connectivity index (χ0v) is 18.3. The lowest BCUT2D eigenvalue weighted by Crippen LogP contribution is -2.23. The van der Waals surface area contributed by atoms with Gasteiger partial charge < -0.3 is 9.88 Å². The van der Waals surface area contributed by atoms with Crippen LogP contribution in [0.5, 0.6) is 0 Å². The zero-order chi connectivity index (χ0) is 22.6. The van der Waals surface area contributed by atoms with Gasteiger partial charge in [-0.25, -0.2) is 14.6 Å². The summed E-state index contributed by atoms with van der Waals surface area (Å²) < 4.78 is 3.84. The maximum absolute atomic E-state index is 13.2.